The van der Waals surface area contributed by atoms with E-state index in [-0.39, 0.29) is 17.2 Å². The van der Waals surface area contributed by atoms with Crippen LogP contribution in [0.1, 0.15) is 0 Å². The molecule has 6 heteroatoms. The van der Waals surface area contributed by atoms with E-state index in [1.807, 2.05) is 0 Å². The highest BCUT2D eigenvalue weighted by Crippen LogP contribution is 2.34. The first-order valence-corrected chi connectivity index (χ1v) is 5.39. The van der Waals surface area contributed by atoms with Crippen LogP contribution in [-0.4, -0.2) is 17.1 Å². The van der Waals surface area contributed by atoms with Crippen LogP contribution in [0.15, 0.2) is 42.5 Å². The minimum Gasteiger partial charge on any atom is -0.508 e. The monoisotopic (exact) mass is 261 g/mol. The molecule has 0 radical (unpaired) electrons. The molecule has 0 spiro atoms. The van der Waals surface area contributed by atoms with Gasteiger partial charge >= 0.3 is 5.69 Å². The summed E-state index contributed by atoms with van der Waals surface area (Å²) in [6.45, 7) is 0. The third-order valence-electron chi connectivity index (χ3n) is 2.41. The zero-order valence-electron chi connectivity index (χ0n) is 10.1. The van der Waals surface area contributed by atoms with Gasteiger partial charge in [-0.25, -0.2) is 0 Å². The Labute approximate surface area is 109 Å². The van der Waals surface area contributed by atoms with E-state index in [1.54, 1.807) is 18.2 Å². The molecule has 0 aromatic heterocycles. The van der Waals surface area contributed by atoms with Gasteiger partial charge in [0.05, 0.1) is 18.1 Å². The number of aromatic hydroxyl groups is 1. The molecule has 0 unspecified atom stereocenters. The summed E-state index contributed by atoms with van der Waals surface area (Å²) in [6, 6.07) is 10.3. The summed E-state index contributed by atoms with van der Waals surface area (Å²) in [5, 5.41) is 20.3. The maximum absolute atomic E-state index is 11.0. The topological polar surface area (TPSA) is 81.8 Å². The first-order valence-electron chi connectivity index (χ1n) is 5.39. The van der Waals surface area contributed by atoms with Crippen molar-refractivity contribution in [3.63, 3.8) is 0 Å². The molecule has 0 aliphatic rings. The number of nitro benzene ring substituents is 1. The van der Waals surface area contributed by atoms with Crippen molar-refractivity contribution >= 4 is 5.69 Å². The number of nitrogens with zero attached hydrogens (tertiary/aromatic N) is 1. The molecule has 1 N–H and O–H groups in total. The number of hydrogen-bond acceptors (Lipinski definition) is 5. The van der Waals surface area contributed by atoms with E-state index in [2.05, 4.69) is 0 Å². The Morgan fingerprint density at radius 1 is 1.16 bits per heavy atom. The number of phenols is 1. The lowest BCUT2D eigenvalue weighted by atomic mass is 10.2. The standard InChI is InChI=1S/C13H11NO5/c1-18-10-5-6-13(12(8-10)14(16)17)19-11-4-2-3-9(15)7-11/h2-8,15H,1H3. The molecule has 98 valence electrons. The van der Waals surface area contributed by atoms with Crippen molar-refractivity contribution in [2.24, 2.45) is 0 Å². The largest absolute Gasteiger partial charge is 0.508 e. The van der Waals surface area contributed by atoms with Crippen LogP contribution in [0.5, 0.6) is 23.0 Å². The average molecular weight is 261 g/mol. The second-order valence-electron chi connectivity index (χ2n) is 3.69. The first-order chi connectivity index (χ1) is 9.10. The van der Waals surface area contributed by atoms with Crippen molar-refractivity contribution in [2.45, 2.75) is 0 Å². The number of rotatable bonds is 4. The lowest BCUT2D eigenvalue weighted by Gasteiger charge is -2.07. The van der Waals surface area contributed by atoms with Crippen molar-refractivity contribution in [2.75, 3.05) is 7.11 Å². The van der Waals surface area contributed by atoms with Gasteiger partial charge in [0, 0.05) is 6.07 Å². The van der Waals surface area contributed by atoms with E-state index in [0.717, 1.165) is 0 Å². The SMILES string of the molecule is COc1ccc(Oc2cccc(O)c2)c([N+](=O)[O-])c1. The molecule has 0 fully saturated rings. The molecule has 0 heterocycles. The molecule has 0 aliphatic heterocycles. The van der Waals surface area contributed by atoms with E-state index < -0.39 is 4.92 Å². The van der Waals surface area contributed by atoms with Gasteiger partial charge in [-0.05, 0) is 24.3 Å². The Balaban J connectivity index is 2.36. The van der Waals surface area contributed by atoms with Crippen LogP contribution in [0.2, 0.25) is 0 Å². The fourth-order valence-corrected chi connectivity index (χ4v) is 1.53. The van der Waals surface area contributed by atoms with Crippen LogP contribution in [0.25, 0.3) is 0 Å². The highest BCUT2D eigenvalue weighted by atomic mass is 16.6. The Bertz CT molecular complexity index is 612. The quantitative estimate of drug-likeness (QED) is 0.675. The van der Waals surface area contributed by atoms with Crippen molar-refractivity contribution in [1.29, 1.82) is 0 Å². The lowest BCUT2D eigenvalue weighted by molar-refractivity contribution is -0.385. The minimum atomic E-state index is -0.555. The summed E-state index contributed by atoms with van der Waals surface area (Å²) in [7, 11) is 1.43. The number of benzene rings is 2. The minimum absolute atomic E-state index is 0.0219. The van der Waals surface area contributed by atoms with Crippen LogP contribution in [0, 0.1) is 10.1 Å². The van der Waals surface area contributed by atoms with Gasteiger partial charge in [-0.2, -0.15) is 0 Å². The van der Waals surface area contributed by atoms with Gasteiger partial charge in [0.1, 0.15) is 17.2 Å². The molecular formula is C13H11NO5. The Morgan fingerprint density at radius 3 is 2.58 bits per heavy atom. The van der Waals surface area contributed by atoms with Crippen molar-refractivity contribution in [3.8, 4) is 23.0 Å². The van der Waals surface area contributed by atoms with Crippen molar-refractivity contribution < 1.29 is 19.5 Å². The molecule has 0 saturated carbocycles. The molecule has 19 heavy (non-hydrogen) atoms. The molecule has 6 nitrogen and oxygen atoms in total. The van der Waals surface area contributed by atoms with Crippen molar-refractivity contribution in [3.05, 3.63) is 52.6 Å². The molecule has 2 aromatic carbocycles. The summed E-state index contributed by atoms with van der Waals surface area (Å²) >= 11 is 0. The zero-order chi connectivity index (χ0) is 13.8. The molecule has 2 aromatic rings. The molecule has 0 bridgehead atoms. The Morgan fingerprint density at radius 2 is 1.95 bits per heavy atom. The Kier molecular flexibility index (Phi) is 3.51. The maximum Gasteiger partial charge on any atom is 0.315 e. The number of methoxy groups -OCH3 is 1. The molecule has 0 saturated heterocycles. The van der Waals surface area contributed by atoms with Crippen LogP contribution in [0.3, 0.4) is 0 Å². The normalized spacial score (nSPS) is 9.95. The number of phenolic OH excluding ortho intramolecular Hbond substituents is 1. The molecule has 0 amide bonds. The smallest absolute Gasteiger partial charge is 0.315 e. The van der Waals surface area contributed by atoms with Crippen LogP contribution in [0.4, 0.5) is 5.69 Å². The summed E-state index contributed by atoms with van der Waals surface area (Å²) in [5.41, 5.74) is -0.206. The van der Waals surface area contributed by atoms with E-state index in [0.29, 0.717) is 11.5 Å². The van der Waals surface area contributed by atoms with E-state index in [1.165, 1.54) is 31.4 Å². The second-order valence-corrected chi connectivity index (χ2v) is 3.69. The molecule has 2 rings (SSSR count). The van der Waals surface area contributed by atoms with E-state index in [9.17, 15) is 15.2 Å². The summed E-state index contributed by atoms with van der Waals surface area (Å²) < 4.78 is 10.3. The Hall–Kier alpha value is -2.76. The lowest BCUT2D eigenvalue weighted by Crippen LogP contribution is -1.94. The predicted octanol–water partition coefficient (Wildman–Crippen LogP) is 3.10. The fraction of sp³-hybridized carbons (Fsp3) is 0.0769. The van der Waals surface area contributed by atoms with Gasteiger partial charge in [0.25, 0.3) is 0 Å². The third kappa shape index (κ3) is 2.92. The van der Waals surface area contributed by atoms with Crippen LogP contribution < -0.4 is 9.47 Å². The van der Waals surface area contributed by atoms with Crippen LogP contribution >= 0.6 is 0 Å². The van der Waals surface area contributed by atoms with Gasteiger partial charge in [-0.1, -0.05) is 6.07 Å². The molecule has 0 atom stereocenters. The number of ether oxygens (including phenoxy) is 2. The van der Waals surface area contributed by atoms with Gasteiger partial charge in [-0.15, -0.1) is 0 Å². The highest BCUT2D eigenvalue weighted by Gasteiger charge is 2.17. The van der Waals surface area contributed by atoms with Crippen molar-refractivity contribution in [1.82, 2.24) is 0 Å². The second kappa shape index (κ2) is 5.26. The summed E-state index contributed by atoms with van der Waals surface area (Å²) in [5.74, 6) is 0.785. The van der Waals surface area contributed by atoms with Gasteiger partial charge < -0.3 is 14.6 Å². The van der Waals surface area contributed by atoms with E-state index in [4.69, 9.17) is 9.47 Å². The highest BCUT2D eigenvalue weighted by molar-refractivity contribution is 5.52. The summed E-state index contributed by atoms with van der Waals surface area (Å²) in [6.07, 6.45) is 0. The number of hydrogen-bond donors (Lipinski definition) is 1. The maximum atomic E-state index is 11.0. The summed E-state index contributed by atoms with van der Waals surface area (Å²) in [4.78, 5) is 10.4. The van der Waals surface area contributed by atoms with Gasteiger partial charge in [-0.3, -0.25) is 10.1 Å². The van der Waals surface area contributed by atoms with Gasteiger partial charge in [0.2, 0.25) is 5.75 Å². The average Bonchev–Trinajstić information content (AvgIpc) is 2.39. The van der Waals surface area contributed by atoms with Crippen LogP contribution in [-0.2, 0) is 0 Å². The molecular weight excluding hydrogens is 250 g/mol. The third-order valence-corrected chi connectivity index (χ3v) is 2.41. The van der Waals surface area contributed by atoms with E-state index >= 15 is 0 Å². The number of nitro groups is 1. The molecule has 0 aliphatic carbocycles. The fourth-order valence-electron chi connectivity index (χ4n) is 1.53. The zero-order valence-corrected chi connectivity index (χ0v) is 10.1. The van der Waals surface area contributed by atoms with Gasteiger partial charge in [0.15, 0.2) is 0 Å². The predicted molar refractivity (Wildman–Crippen MR) is 67.8 cm³/mol. The first kappa shape index (κ1) is 12.7.